The summed E-state index contributed by atoms with van der Waals surface area (Å²) in [6.07, 6.45) is 8.06. The van der Waals surface area contributed by atoms with Crippen LogP contribution >= 0.6 is 11.6 Å². The van der Waals surface area contributed by atoms with Gasteiger partial charge in [-0.25, -0.2) is 9.36 Å². The number of aromatic nitrogens is 4. The van der Waals surface area contributed by atoms with Crippen molar-refractivity contribution in [1.29, 1.82) is 0 Å². The Morgan fingerprint density at radius 3 is 2.64 bits per heavy atom. The quantitative estimate of drug-likeness (QED) is 0.474. The number of aromatic amines is 1. The van der Waals surface area contributed by atoms with Crippen molar-refractivity contribution in [3.05, 3.63) is 103 Å². The fraction of sp³-hybridized carbons (Fsp3) is 0.167. The highest BCUT2D eigenvalue weighted by atomic mass is 35.5. The normalized spacial score (nSPS) is 13.1. The van der Waals surface area contributed by atoms with Crippen molar-refractivity contribution in [2.45, 2.75) is 12.8 Å². The molecule has 0 spiro atoms. The summed E-state index contributed by atoms with van der Waals surface area (Å²) in [7, 11) is 0. The monoisotopic (exact) mass is 462 g/mol. The molecule has 166 valence electrons. The molecule has 0 saturated heterocycles. The third kappa shape index (κ3) is 4.25. The second kappa shape index (κ2) is 8.55. The van der Waals surface area contributed by atoms with E-state index in [-0.39, 0.29) is 16.8 Å². The average Bonchev–Trinajstić information content (AvgIpc) is 3.64. The first kappa shape index (κ1) is 21.0. The highest BCUT2D eigenvalue weighted by Gasteiger charge is 2.22. The molecule has 0 bridgehead atoms. The zero-order valence-corrected chi connectivity index (χ0v) is 18.2. The second-order valence-corrected chi connectivity index (χ2v) is 8.30. The zero-order valence-electron chi connectivity index (χ0n) is 17.4. The summed E-state index contributed by atoms with van der Waals surface area (Å²) in [4.78, 5) is 45.9. The molecular formula is C24H19ClN4O4. The highest BCUT2D eigenvalue weighted by molar-refractivity contribution is 6.30. The summed E-state index contributed by atoms with van der Waals surface area (Å²) in [6.45, 7) is 0.578. The van der Waals surface area contributed by atoms with Crippen molar-refractivity contribution in [2.75, 3.05) is 6.61 Å². The molecule has 4 aromatic rings. The van der Waals surface area contributed by atoms with Gasteiger partial charge in [0.1, 0.15) is 5.75 Å². The third-order valence-electron chi connectivity index (χ3n) is 5.42. The summed E-state index contributed by atoms with van der Waals surface area (Å²) in [5.41, 5.74) is -0.820. The number of nitrogens with one attached hydrogen (secondary N) is 1. The number of hydrogen-bond donors (Lipinski definition) is 1. The van der Waals surface area contributed by atoms with Crippen LogP contribution in [0.5, 0.6) is 5.75 Å². The molecule has 3 aromatic heterocycles. The molecule has 9 heteroatoms. The van der Waals surface area contributed by atoms with E-state index in [1.807, 2.05) is 0 Å². The Labute approximate surface area is 192 Å². The highest BCUT2D eigenvalue weighted by Crippen LogP contribution is 2.31. The molecule has 0 atom stereocenters. The van der Waals surface area contributed by atoms with Gasteiger partial charge in [0, 0.05) is 29.7 Å². The van der Waals surface area contributed by atoms with E-state index >= 15 is 0 Å². The largest absolute Gasteiger partial charge is 0.493 e. The van der Waals surface area contributed by atoms with Gasteiger partial charge in [-0.1, -0.05) is 11.6 Å². The minimum atomic E-state index is -0.631. The standard InChI is InChI=1S/C24H19ClN4O4/c25-16-9-18(11-19(10-16)33-14-15-5-6-15)28-13-21(20-4-2-8-27-22(20)30)23(31)29(24(28)32)17-3-1-7-26-12-17/h1-4,7-13,15H,5-6,14H2,(H,27,30). The van der Waals surface area contributed by atoms with E-state index < -0.39 is 16.8 Å². The number of H-pyrrole nitrogens is 1. The molecule has 3 heterocycles. The van der Waals surface area contributed by atoms with Gasteiger partial charge in [0.2, 0.25) is 0 Å². The molecule has 1 saturated carbocycles. The first-order valence-corrected chi connectivity index (χ1v) is 10.8. The molecule has 0 unspecified atom stereocenters. The van der Waals surface area contributed by atoms with Crippen molar-refractivity contribution < 1.29 is 4.74 Å². The van der Waals surface area contributed by atoms with E-state index in [0.717, 1.165) is 17.4 Å². The summed E-state index contributed by atoms with van der Waals surface area (Å²) in [5, 5.41) is 0.378. The van der Waals surface area contributed by atoms with Gasteiger partial charge in [0.15, 0.2) is 0 Å². The van der Waals surface area contributed by atoms with E-state index in [1.54, 1.807) is 42.6 Å². The van der Waals surface area contributed by atoms with Gasteiger partial charge in [-0.05, 0) is 55.2 Å². The number of halogens is 1. The van der Waals surface area contributed by atoms with Crippen LogP contribution in [-0.2, 0) is 0 Å². The van der Waals surface area contributed by atoms with Crippen molar-refractivity contribution in [2.24, 2.45) is 5.92 Å². The Morgan fingerprint density at radius 2 is 1.91 bits per heavy atom. The average molecular weight is 463 g/mol. The SMILES string of the molecule is O=c1[nH]cccc1-c1cn(-c2cc(Cl)cc(OCC3CC3)c2)c(=O)n(-c2cccnc2)c1=O. The first-order valence-electron chi connectivity index (χ1n) is 10.4. The maximum atomic E-state index is 13.5. The van der Waals surface area contributed by atoms with Crippen LogP contribution < -0.4 is 21.5 Å². The predicted octanol–water partition coefficient (Wildman–Crippen LogP) is 3.18. The smallest absolute Gasteiger partial charge is 0.340 e. The second-order valence-electron chi connectivity index (χ2n) is 7.86. The molecule has 0 aliphatic heterocycles. The van der Waals surface area contributed by atoms with Gasteiger partial charge in [-0.2, -0.15) is 0 Å². The molecule has 0 amide bonds. The molecule has 1 N–H and O–H groups in total. The molecule has 1 fully saturated rings. The molecule has 5 rings (SSSR count). The lowest BCUT2D eigenvalue weighted by atomic mass is 10.1. The summed E-state index contributed by atoms with van der Waals surface area (Å²) >= 11 is 6.32. The van der Waals surface area contributed by atoms with Gasteiger partial charge >= 0.3 is 5.69 Å². The lowest BCUT2D eigenvalue weighted by Gasteiger charge is -2.14. The van der Waals surface area contributed by atoms with E-state index in [0.29, 0.717) is 29.0 Å². The van der Waals surface area contributed by atoms with Crippen LogP contribution in [0.15, 0.2) is 81.6 Å². The maximum absolute atomic E-state index is 13.5. The summed E-state index contributed by atoms with van der Waals surface area (Å²) < 4.78 is 8.12. The van der Waals surface area contributed by atoms with E-state index in [9.17, 15) is 14.4 Å². The predicted molar refractivity (Wildman–Crippen MR) is 125 cm³/mol. The Hall–Kier alpha value is -3.91. The lowest BCUT2D eigenvalue weighted by Crippen LogP contribution is -2.39. The fourth-order valence-corrected chi connectivity index (χ4v) is 3.76. The Balaban J connectivity index is 1.75. The molecule has 1 aromatic carbocycles. The minimum absolute atomic E-state index is 0.0562. The molecule has 0 radical (unpaired) electrons. The number of hydrogen-bond acceptors (Lipinski definition) is 5. The van der Waals surface area contributed by atoms with Crippen molar-refractivity contribution in [3.8, 4) is 28.3 Å². The van der Waals surface area contributed by atoms with Crippen LogP contribution in [0.2, 0.25) is 5.02 Å². The summed E-state index contributed by atoms with van der Waals surface area (Å²) in [5.74, 6) is 1.06. The van der Waals surface area contributed by atoms with Crippen LogP contribution in [-0.4, -0.2) is 25.7 Å². The fourth-order valence-electron chi connectivity index (χ4n) is 3.54. The van der Waals surface area contributed by atoms with Gasteiger partial charge in [0.25, 0.3) is 11.1 Å². The van der Waals surface area contributed by atoms with Gasteiger partial charge < -0.3 is 9.72 Å². The van der Waals surface area contributed by atoms with Crippen LogP contribution in [0.25, 0.3) is 22.5 Å². The number of nitrogens with zero attached hydrogens (tertiary/aromatic N) is 3. The van der Waals surface area contributed by atoms with Gasteiger partial charge in [-0.3, -0.25) is 19.1 Å². The van der Waals surface area contributed by atoms with Crippen molar-refractivity contribution in [3.63, 3.8) is 0 Å². The Morgan fingerprint density at radius 1 is 1.06 bits per heavy atom. The van der Waals surface area contributed by atoms with Gasteiger partial charge in [0.05, 0.1) is 35.3 Å². The zero-order chi connectivity index (χ0) is 22.9. The molecule has 8 nitrogen and oxygen atoms in total. The number of ether oxygens (including phenoxy) is 1. The Kier molecular flexibility index (Phi) is 5.43. The molecule has 1 aliphatic carbocycles. The van der Waals surface area contributed by atoms with E-state index in [2.05, 4.69) is 9.97 Å². The summed E-state index contributed by atoms with van der Waals surface area (Å²) in [6, 6.07) is 11.3. The number of rotatable bonds is 6. The van der Waals surface area contributed by atoms with Gasteiger partial charge in [-0.15, -0.1) is 0 Å². The van der Waals surface area contributed by atoms with E-state index in [4.69, 9.17) is 16.3 Å². The van der Waals surface area contributed by atoms with Crippen LogP contribution in [0.3, 0.4) is 0 Å². The lowest BCUT2D eigenvalue weighted by molar-refractivity contribution is 0.299. The Bertz CT molecular complexity index is 1500. The number of pyridine rings is 2. The van der Waals surface area contributed by atoms with Crippen molar-refractivity contribution >= 4 is 11.6 Å². The van der Waals surface area contributed by atoms with Crippen LogP contribution in [0.1, 0.15) is 12.8 Å². The topological polar surface area (TPSA) is 99.0 Å². The van der Waals surface area contributed by atoms with Crippen LogP contribution in [0, 0.1) is 5.92 Å². The maximum Gasteiger partial charge on any atom is 0.340 e. The molecular weight excluding hydrogens is 444 g/mol. The van der Waals surface area contributed by atoms with Crippen LogP contribution in [0.4, 0.5) is 0 Å². The first-order chi connectivity index (χ1) is 16.0. The van der Waals surface area contributed by atoms with E-state index in [1.165, 1.54) is 29.2 Å². The molecule has 33 heavy (non-hydrogen) atoms. The molecule has 1 aliphatic rings. The number of benzene rings is 1. The van der Waals surface area contributed by atoms with Crippen molar-refractivity contribution in [1.82, 2.24) is 19.1 Å². The minimum Gasteiger partial charge on any atom is -0.493 e. The third-order valence-corrected chi connectivity index (χ3v) is 5.64.